The van der Waals surface area contributed by atoms with Crippen molar-refractivity contribution in [3.63, 3.8) is 0 Å². The molecule has 0 atom stereocenters. The van der Waals surface area contributed by atoms with Gasteiger partial charge in [-0.2, -0.15) is 0 Å². The number of benzene rings is 1. The molecule has 118 valence electrons. The first-order valence-electron chi connectivity index (χ1n) is 7.87. The average molecular weight is 326 g/mol. The summed E-state index contributed by atoms with van der Waals surface area (Å²) < 4.78 is 0. The van der Waals surface area contributed by atoms with Crippen LogP contribution in [0.15, 0.2) is 47.0 Å². The van der Waals surface area contributed by atoms with E-state index in [1.807, 2.05) is 29.3 Å². The maximum atomic E-state index is 12.8. The first-order chi connectivity index (χ1) is 11.2. The maximum absolute atomic E-state index is 12.8. The molecule has 1 amide bonds. The van der Waals surface area contributed by atoms with Crippen molar-refractivity contribution in [3.05, 3.63) is 47.5 Å². The standard InChI is InChI=1S/C17H18N4OS/c1-2-11-23-16-18-15(22)14-12-7-3-4-8-13(12)19-17(21(14)20-16)9-5-6-10-17/h2-4,7-8H,1,5-6,9-11H2,(H,18,20,22). The van der Waals surface area contributed by atoms with Crippen molar-refractivity contribution >= 4 is 28.5 Å². The molecule has 0 bridgehead atoms. The minimum Gasteiger partial charge on any atom is -0.298 e. The lowest BCUT2D eigenvalue weighted by atomic mass is 10.0. The van der Waals surface area contributed by atoms with Crippen LogP contribution in [0.2, 0.25) is 0 Å². The highest BCUT2D eigenvalue weighted by Gasteiger charge is 2.46. The molecule has 1 aromatic carbocycles. The number of thioether (sulfide) groups is 1. The van der Waals surface area contributed by atoms with Crippen molar-refractivity contribution in [2.45, 2.75) is 31.3 Å². The zero-order valence-corrected chi connectivity index (χ0v) is 13.6. The zero-order valence-electron chi connectivity index (χ0n) is 12.8. The van der Waals surface area contributed by atoms with Crippen LogP contribution in [0.5, 0.6) is 0 Å². The molecular formula is C17H18N4OS. The van der Waals surface area contributed by atoms with Gasteiger partial charge in [-0.15, -0.1) is 11.7 Å². The van der Waals surface area contributed by atoms with E-state index >= 15 is 0 Å². The van der Waals surface area contributed by atoms with Gasteiger partial charge in [-0.3, -0.25) is 15.1 Å². The molecule has 1 aromatic rings. The Morgan fingerprint density at radius 1 is 1.35 bits per heavy atom. The molecule has 2 aliphatic heterocycles. The van der Waals surface area contributed by atoms with E-state index in [1.165, 1.54) is 11.8 Å². The molecule has 0 radical (unpaired) electrons. The van der Waals surface area contributed by atoms with Crippen LogP contribution in [0.1, 0.15) is 25.7 Å². The first-order valence-corrected chi connectivity index (χ1v) is 8.85. The first kappa shape index (κ1) is 14.5. The van der Waals surface area contributed by atoms with E-state index in [9.17, 15) is 4.79 Å². The Morgan fingerprint density at radius 2 is 2.13 bits per heavy atom. The van der Waals surface area contributed by atoms with Gasteiger partial charge in [0.1, 0.15) is 5.70 Å². The SMILES string of the molecule is C=CCSC1=NN2C(=c3ccccc3=NC23CCCC3)C(=O)N1. The molecule has 4 rings (SSSR count). The highest BCUT2D eigenvalue weighted by atomic mass is 32.2. The number of rotatable bonds is 2. The largest absolute Gasteiger partial charge is 0.298 e. The molecule has 1 spiro atoms. The van der Waals surface area contributed by atoms with Gasteiger partial charge in [-0.25, -0.2) is 5.01 Å². The number of fused-ring (bicyclic) bond motifs is 3. The molecule has 5 nitrogen and oxygen atoms in total. The molecule has 2 heterocycles. The van der Waals surface area contributed by atoms with Gasteiger partial charge in [0.2, 0.25) is 0 Å². The summed E-state index contributed by atoms with van der Waals surface area (Å²) in [7, 11) is 0. The normalized spacial score (nSPS) is 21.2. The average Bonchev–Trinajstić information content (AvgIpc) is 3.02. The molecule has 6 heteroatoms. The predicted molar refractivity (Wildman–Crippen MR) is 91.9 cm³/mol. The summed E-state index contributed by atoms with van der Waals surface area (Å²) >= 11 is 1.48. The van der Waals surface area contributed by atoms with E-state index in [2.05, 4.69) is 11.9 Å². The summed E-state index contributed by atoms with van der Waals surface area (Å²) in [6.45, 7) is 3.72. The molecule has 1 N–H and O–H groups in total. The van der Waals surface area contributed by atoms with Crippen molar-refractivity contribution in [1.29, 1.82) is 0 Å². The maximum Gasteiger partial charge on any atom is 0.276 e. The molecule has 23 heavy (non-hydrogen) atoms. The summed E-state index contributed by atoms with van der Waals surface area (Å²) in [4.78, 5) is 17.8. The third-order valence-corrected chi connectivity index (χ3v) is 5.32. The van der Waals surface area contributed by atoms with Crippen molar-refractivity contribution in [1.82, 2.24) is 10.3 Å². The number of nitrogens with one attached hydrogen (secondary N) is 1. The third-order valence-electron chi connectivity index (χ3n) is 4.46. The molecule has 1 saturated carbocycles. The second kappa shape index (κ2) is 5.53. The van der Waals surface area contributed by atoms with Gasteiger partial charge in [0.05, 0.1) is 5.36 Å². The highest BCUT2D eigenvalue weighted by Crippen LogP contribution is 2.40. The van der Waals surface area contributed by atoms with Crippen LogP contribution < -0.4 is 15.9 Å². The lowest BCUT2D eigenvalue weighted by molar-refractivity contribution is -0.116. The lowest BCUT2D eigenvalue weighted by Gasteiger charge is -2.41. The van der Waals surface area contributed by atoms with Gasteiger partial charge in [-0.05, 0) is 31.7 Å². The van der Waals surface area contributed by atoms with Crippen molar-refractivity contribution < 1.29 is 4.79 Å². The molecular weight excluding hydrogens is 308 g/mol. The van der Waals surface area contributed by atoms with Crippen molar-refractivity contribution in [2.24, 2.45) is 10.1 Å². The number of hydrazone groups is 1. The Bertz CT molecular complexity index is 823. The van der Waals surface area contributed by atoms with E-state index < -0.39 is 5.66 Å². The van der Waals surface area contributed by atoms with E-state index in [4.69, 9.17) is 10.1 Å². The molecule has 1 fully saturated rings. The Balaban J connectivity index is 1.92. The van der Waals surface area contributed by atoms with E-state index in [1.54, 1.807) is 6.08 Å². The van der Waals surface area contributed by atoms with Crippen LogP contribution in [-0.2, 0) is 4.79 Å². The van der Waals surface area contributed by atoms with Crippen LogP contribution in [0.4, 0.5) is 0 Å². The minimum atomic E-state index is -0.401. The van der Waals surface area contributed by atoms with Gasteiger partial charge in [0, 0.05) is 11.0 Å². The van der Waals surface area contributed by atoms with Crippen LogP contribution in [0, 0.1) is 0 Å². The number of nitrogens with zero attached hydrogens (tertiary/aromatic N) is 3. The summed E-state index contributed by atoms with van der Waals surface area (Å²) in [5.74, 6) is 0.614. The smallest absolute Gasteiger partial charge is 0.276 e. The number of carbonyl (C=O) groups excluding carboxylic acids is 1. The topological polar surface area (TPSA) is 57.1 Å². The summed E-state index contributed by atoms with van der Waals surface area (Å²) in [5, 5.41) is 11.9. The third kappa shape index (κ3) is 2.28. The van der Waals surface area contributed by atoms with Gasteiger partial charge in [0.25, 0.3) is 5.91 Å². The molecule has 3 aliphatic rings. The Hall–Kier alpha value is -2.08. The summed E-state index contributed by atoms with van der Waals surface area (Å²) in [6.07, 6.45) is 5.89. The zero-order chi connectivity index (χ0) is 15.9. The molecule has 0 saturated heterocycles. The quantitative estimate of drug-likeness (QED) is 0.834. The van der Waals surface area contributed by atoms with Crippen LogP contribution in [0.3, 0.4) is 0 Å². The number of hydrogen-bond acceptors (Lipinski definition) is 5. The van der Waals surface area contributed by atoms with E-state index in [0.29, 0.717) is 16.6 Å². The minimum absolute atomic E-state index is 0.0970. The van der Waals surface area contributed by atoms with Gasteiger partial charge >= 0.3 is 0 Å². The van der Waals surface area contributed by atoms with E-state index in [-0.39, 0.29) is 5.91 Å². The Morgan fingerprint density at radius 3 is 2.91 bits per heavy atom. The van der Waals surface area contributed by atoms with Crippen LogP contribution >= 0.6 is 11.8 Å². The molecule has 0 aromatic heterocycles. The number of hydrogen-bond donors (Lipinski definition) is 1. The van der Waals surface area contributed by atoms with Crippen LogP contribution in [0.25, 0.3) is 5.70 Å². The fourth-order valence-electron chi connectivity index (χ4n) is 3.47. The van der Waals surface area contributed by atoms with Crippen LogP contribution in [-0.4, -0.2) is 27.5 Å². The fraction of sp³-hybridized carbons (Fsp3) is 0.353. The Labute approximate surface area is 138 Å². The number of amides is 1. The molecule has 1 aliphatic carbocycles. The predicted octanol–water partition coefficient (Wildman–Crippen LogP) is 1.32. The van der Waals surface area contributed by atoms with Gasteiger partial charge in [-0.1, -0.05) is 36.0 Å². The fourth-order valence-corrected chi connectivity index (χ4v) is 4.05. The second-order valence-electron chi connectivity index (χ2n) is 5.94. The Kier molecular flexibility index (Phi) is 3.49. The monoisotopic (exact) mass is 326 g/mol. The number of carbonyl (C=O) groups is 1. The second-order valence-corrected chi connectivity index (χ2v) is 6.95. The van der Waals surface area contributed by atoms with E-state index in [0.717, 1.165) is 36.3 Å². The number of amidine groups is 1. The molecule has 0 unspecified atom stereocenters. The number of para-hydroxylation sites is 1. The summed E-state index contributed by atoms with van der Waals surface area (Å²) in [5.41, 5.74) is 0.224. The lowest BCUT2D eigenvalue weighted by Crippen LogP contribution is -2.57. The van der Waals surface area contributed by atoms with Crippen molar-refractivity contribution in [3.8, 4) is 0 Å². The summed E-state index contributed by atoms with van der Waals surface area (Å²) in [6, 6.07) is 7.83. The van der Waals surface area contributed by atoms with Gasteiger partial charge < -0.3 is 0 Å². The highest BCUT2D eigenvalue weighted by molar-refractivity contribution is 8.14. The van der Waals surface area contributed by atoms with Gasteiger partial charge in [0.15, 0.2) is 10.8 Å². The van der Waals surface area contributed by atoms with Crippen molar-refractivity contribution in [2.75, 3.05) is 5.75 Å².